The predicted octanol–water partition coefficient (Wildman–Crippen LogP) is 17.0. The fraction of sp³-hybridized carbons (Fsp3) is 0. The van der Waals surface area contributed by atoms with Crippen LogP contribution in [0, 0.1) is 0 Å². The van der Waals surface area contributed by atoms with Crippen LogP contribution in [0.1, 0.15) is 0 Å². The summed E-state index contributed by atoms with van der Waals surface area (Å²) in [5.41, 5.74) is 15.4. The Morgan fingerprint density at radius 3 is 1.27 bits per heavy atom. The van der Waals surface area contributed by atoms with Gasteiger partial charge in [-0.2, -0.15) is 0 Å². The Bertz CT molecular complexity index is 3270. The van der Waals surface area contributed by atoms with Crippen LogP contribution >= 0.6 is 11.3 Å². The molecule has 0 fully saturated rings. The summed E-state index contributed by atoms with van der Waals surface area (Å²) in [5.74, 6) is 0. The van der Waals surface area contributed by atoms with Crippen molar-refractivity contribution >= 4 is 59.3 Å². The Labute approximate surface area is 354 Å². The van der Waals surface area contributed by atoms with Crippen molar-refractivity contribution < 1.29 is 0 Å². The van der Waals surface area contributed by atoms with Crippen molar-refractivity contribution in [2.45, 2.75) is 0 Å². The maximum absolute atomic E-state index is 2.35. The smallest absolute Gasteiger partial charge is 0.0462 e. The van der Waals surface area contributed by atoms with E-state index in [4.69, 9.17) is 0 Å². The van der Waals surface area contributed by atoms with Gasteiger partial charge >= 0.3 is 0 Å². The van der Waals surface area contributed by atoms with Gasteiger partial charge in [0.05, 0.1) is 0 Å². The summed E-state index contributed by atoms with van der Waals surface area (Å²) in [5, 5.41) is 5.17. The van der Waals surface area contributed by atoms with E-state index in [0.29, 0.717) is 0 Å². The number of hydrogen-bond acceptors (Lipinski definition) is 2. The molecule has 0 radical (unpaired) electrons. The molecule has 2 heteroatoms. The van der Waals surface area contributed by atoms with E-state index in [9.17, 15) is 0 Å². The van der Waals surface area contributed by atoms with Crippen LogP contribution in [-0.4, -0.2) is 0 Å². The molecule has 0 spiro atoms. The molecule has 0 bridgehead atoms. The number of benzene rings is 10. The summed E-state index contributed by atoms with van der Waals surface area (Å²) in [6.45, 7) is 0. The fourth-order valence-corrected chi connectivity index (χ4v) is 9.64. The summed E-state index contributed by atoms with van der Waals surface area (Å²) in [6.07, 6.45) is 0. The highest BCUT2D eigenvalue weighted by Gasteiger charge is 2.15. The second-order valence-electron chi connectivity index (χ2n) is 15.4. The molecule has 282 valence electrons. The van der Waals surface area contributed by atoms with Crippen molar-refractivity contribution in [2.75, 3.05) is 4.90 Å². The van der Waals surface area contributed by atoms with Crippen LogP contribution in [0.15, 0.2) is 237 Å². The van der Waals surface area contributed by atoms with Crippen molar-refractivity contribution in [2.24, 2.45) is 0 Å². The van der Waals surface area contributed by atoms with E-state index in [1.54, 1.807) is 0 Å². The van der Waals surface area contributed by atoms with Gasteiger partial charge in [-0.15, -0.1) is 11.3 Å². The Kier molecular flexibility index (Phi) is 9.11. The Morgan fingerprint density at radius 1 is 0.233 bits per heavy atom. The number of thiophene rings is 1. The van der Waals surface area contributed by atoms with Crippen LogP contribution < -0.4 is 4.90 Å². The number of fused-ring (bicyclic) bond motifs is 4. The number of nitrogens with zero attached hydrogens (tertiary/aromatic N) is 1. The van der Waals surface area contributed by atoms with Crippen LogP contribution in [0.25, 0.3) is 86.6 Å². The first-order valence-electron chi connectivity index (χ1n) is 20.5. The van der Waals surface area contributed by atoms with Crippen LogP contribution in [-0.2, 0) is 0 Å². The average molecular weight is 782 g/mol. The van der Waals surface area contributed by atoms with Gasteiger partial charge in [-0.05, 0) is 127 Å². The van der Waals surface area contributed by atoms with Crippen molar-refractivity contribution in [3.63, 3.8) is 0 Å². The average Bonchev–Trinajstić information content (AvgIpc) is 3.71. The Morgan fingerprint density at radius 2 is 0.633 bits per heavy atom. The first-order valence-corrected chi connectivity index (χ1v) is 21.3. The molecule has 1 aromatic heterocycles. The second kappa shape index (κ2) is 15.3. The van der Waals surface area contributed by atoms with Gasteiger partial charge in [0.15, 0.2) is 0 Å². The molecule has 0 saturated heterocycles. The minimum Gasteiger partial charge on any atom is -0.311 e. The van der Waals surface area contributed by atoms with E-state index >= 15 is 0 Å². The Hall–Kier alpha value is -7.52. The van der Waals surface area contributed by atoms with Gasteiger partial charge < -0.3 is 4.90 Å². The summed E-state index contributed by atoms with van der Waals surface area (Å²) in [6, 6.07) is 86.1. The van der Waals surface area contributed by atoms with E-state index in [1.165, 1.54) is 86.6 Å². The second-order valence-corrected chi connectivity index (χ2v) is 16.5. The molecule has 11 aromatic rings. The lowest BCUT2D eigenvalue weighted by Crippen LogP contribution is -2.09. The largest absolute Gasteiger partial charge is 0.311 e. The normalized spacial score (nSPS) is 11.3. The predicted molar refractivity (Wildman–Crippen MR) is 259 cm³/mol. The molecule has 0 unspecified atom stereocenters. The maximum Gasteiger partial charge on any atom is 0.0462 e. The molecule has 0 N–H and O–H groups in total. The molecular weight excluding hydrogens is 743 g/mol. The Balaban J connectivity index is 0.887. The lowest BCUT2D eigenvalue weighted by molar-refractivity contribution is 1.28. The van der Waals surface area contributed by atoms with Gasteiger partial charge in [0.2, 0.25) is 0 Å². The molecule has 0 aliphatic heterocycles. The zero-order valence-corrected chi connectivity index (χ0v) is 33.7. The van der Waals surface area contributed by atoms with Crippen LogP contribution in [0.3, 0.4) is 0 Å². The number of anilines is 3. The van der Waals surface area contributed by atoms with Crippen molar-refractivity contribution in [3.8, 4) is 55.6 Å². The highest BCUT2D eigenvalue weighted by Crippen LogP contribution is 2.40. The highest BCUT2D eigenvalue weighted by molar-refractivity contribution is 7.25. The van der Waals surface area contributed by atoms with Crippen LogP contribution in [0.2, 0.25) is 0 Å². The lowest BCUT2D eigenvalue weighted by atomic mass is 9.96. The molecular formula is C58H39NS. The van der Waals surface area contributed by atoms with E-state index in [1.807, 2.05) is 11.3 Å². The van der Waals surface area contributed by atoms with E-state index in [0.717, 1.165) is 17.1 Å². The molecule has 0 atom stereocenters. The van der Waals surface area contributed by atoms with Gasteiger partial charge in [0, 0.05) is 37.2 Å². The third-order valence-corrected chi connectivity index (χ3v) is 12.8. The first-order chi connectivity index (χ1) is 29.7. The SMILES string of the molecule is c1ccc(-c2ccc(N(c3ccc(-c4ccc(-c5cccc(-c6ccc7ccccc7c6)c5)cc4)cc3)c3ccc(-c4ccc5c(c4)sc4ccccc45)cc3)cc2)cc1. The minimum absolute atomic E-state index is 1.10. The summed E-state index contributed by atoms with van der Waals surface area (Å²) < 4.78 is 2.65. The topological polar surface area (TPSA) is 3.24 Å². The van der Waals surface area contributed by atoms with Gasteiger partial charge in [0.25, 0.3) is 0 Å². The van der Waals surface area contributed by atoms with Crippen molar-refractivity contribution in [3.05, 3.63) is 237 Å². The monoisotopic (exact) mass is 781 g/mol. The molecule has 10 aromatic carbocycles. The summed E-state index contributed by atoms with van der Waals surface area (Å²) in [7, 11) is 0. The van der Waals surface area contributed by atoms with Crippen LogP contribution in [0.5, 0.6) is 0 Å². The van der Waals surface area contributed by atoms with Gasteiger partial charge in [-0.25, -0.2) is 0 Å². The van der Waals surface area contributed by atoms with Crippen molar-refractivity contribution in [1.29, 1.82) is 0 Å². The third kappa shape index (κ3) is 6.83. The van der Waals surface area contributed by atoms with E-state index in [-0.39, 0.29) is 0 Å². The maximum atomic E-state index is 2.35. The molecule has 0 amide bonds. The molecule has 0 aliphatic carbocycles. The first kappa shape index (κ1) is 35.6. The van der Waals surface area contributed by atoms with Gasteiger partial charge in [-0.3, -0.25) is 0 Å². The summed E-state index contributed by atoms with van der Waals surface area (Å²) in [4.78, 5) is 2.35. The molecule has 0 aliphatic rings. The van der Waals surface area contributed by atoms with E-state index in [2.05, 4.69) is 241 Å². The van der Waals surface area contributed by atoms with E-state index < -0.39 is 0 Å². The third-order valence-electron chi connectivity index (χ3n) is 11.7. The van der Waals surface area contributed by atoms with Crippen LogP contribution in [0.4, 0.5) is 17.1 Å². The zero-order valence-electron chi connectivity index (χ0n) is 32.9. The zero-order chi connectivity index (χ0) is 39.8. The highest BCUT2D eigenvalue weighted by atomic mass is 32.1. The number of rotatable bonds is 8. The van der Waals surface area contributed by atoms with Gasteiger partial charge in [-0.1, -0.05) is 176 Å². The number of hydrogen-bond donors (Lipinski definition) is 0. The van der Waals surface area contributed by atoms with Gasteiger partial charge in [0.1, 0.15) is 0 Å². The molecule has 60 heavy (non-hydrogen) atoms. The summed E-state index contributed by atoms with van der Waals surface area (Å²) >= 11 is 1.86. The fourth-order valence-electron chi connectivity index (χ4n) is 8.49. The quantitative estimate of drug-likeness (QED) is 0.148. The van der Waals surface area contributed by atoms with Crippen molar-refractivity contribution in [1.82, 2.24) is 0 Å². The minimum atomic E-state index is 1.10. The molecule has 1 heterocycles. The molecule has 1 nitrogen and oxygen atoms in total. The molecule has 0 saturated carbocycles. The lowest BCUT2D eigenvalue weighted by Gasteiger charge is -2.26. The molecule has 11 rings (SSSR count). The standard InChI is InChI=1S/C58H39NS/c1-2-9-40(10-3-1)43-23-30-52(31-24-43)59(54-34-27-46(28-35-54)51-29-36-56-55-15-6-7-16-57(55)60-58(56)39-51)53-32-25-44(26-33-53)42-17-19-45(20-18-42)48-13-8-14-49(37-48)50-22-21-41-11-4-5-12-47(41)38-50/h1-39H.